The van der Waals surface area contributed by atoms with Crippen molar-refractivity contribution in [3.8, 4) is 0 Å². The number of unbranched alkanes of at least 4 members (excludes halogenated alkanes) is 3. The summed E-state index contributed by atoms with van der Waals surface area (Å²) < 4.78 is 66.4. The van der Waals surface area contributed by atoms with Gasteiger partial charge in [0.25, 0.3) is 20.2 Å². The number of hydrogen-bond donors (Lipinski definition) is 4. The van der Waals surface area contributed by atoms with Gasteiger partial charge in [0.15, 0.2) is 5.78 Å². The van der Waals surface area contributed by atoms with Crippen LogP contribution < -0.4 is 10.2 Å². The molecule has 3 atom stereocenters. The molecule has 53 heavy (non-hydrogen) atoms. The molecule has 0 radical (unpaired) electrons. The van der Waals surface area contributed by atoms with Gasteiger partial charge in [-0.1, -0.05) is 63.8 Å². The van der Waals surface area contributed by atoms with Gasteiger partial charge in [-0.15, -0.1) is 22.7 Å². The van der Waals surface area contributed by atoms with Crippen molar-refractivity contribution in [2.75, 3.05) is 22.5 Å². The molecule has 284 valence electrons. The maximum atomic E-state index is 13.6. The minimum absolute atomic E-state index is 0.0751. The van der Waals surface area contributed by atoms with E-state index in [1.165, 1.54) is 12.1 Å². The number of Topliss-reactive ketones (excluding diaryl/α,β-unsaturated/α-hetero) is 1. The Morgan fingerprint density at radius 3 is 2.13 bits per heavy atom. The maximum Gasteiger partial charge on any atom is 0.294 e. The lowest BCUT2D eigenvalue weighted by Crippen LogP contribution is -2.41. The lowest BCUT2D eigenvalue weighted by molar-refractivity contribution is -0.122. The highest BCUT2D eigenvalue weighted by Crippen LogP contribution is 2.49. The third-order valence-electron chi connectivity index (χ3n) is 10.7. The Morgan fingerprint density at radius 2 is 1.57 bits per heavy atom. The number of aliphatic hydroxyl groups is 1. The topological polar surface area (TPSA) is 161 Å². The van der Waals surface area contributed by atoms with Crippen LogP contribution in [-0.4, -0.2) is 55.2 Å². The van der Waals surface area contributed by atoms with Crippen LogP contribution in [0.2, 0.25) is 0 Å². The first kappa shape index (κ1) is 39.2. The third kappa shape index (κ3) is 8.73. The first-order chi connectivity index (χ1) is 25.2. The molecule has 3 unspecified atom stereocenters. The number of carbonyl (C=O) groups is 1. The molecule has 4 aromatic rings. The zero-order valence-electron chi connectivity index (χ0n) is 29.8. The van der Waals surface area contributed by atoms with Gasteiger partial charge in [0.1, 0.15) is 5.76 Å². The van der Waals surface area contributed by atoms with Crippen molar-refractivity contribution in [3.63, 3.8) is 0 Å². The number of ketones is 1. The van der Waals surface area contributed by atoms with Crippen LogP contribution in [0, 0.1) is 5.92 Å². The summed E-state index contributed by atoms with van der Waals surface area (Å²) in [5.41, 5.74) is 3.12. The van der Waals surface area contributed by atoms with Crippen molar-refractivity contribution in [2.45, 2.75) is 87.6 Å². The SMILES string of the molecule is CCCCCCC1(C)c2cc(S(=O)(=O)O)ccc2NC1CC1=C(O)C(Cc2ccc(N(CCCS(=O)(=O)O)C(c3cccs3)c3cccs3)cc2)C1=O. The van der Waals surface area contributed by atoms with Crippen LogP contribution in [0.3, 0.4) is 0 Å². The molecule has 2 aliphatic rings. The van der Waals surface area contributed by atoms with Gasteiger partial charge in [0.05, 0.1) is 22.6 Å². The van der Waals surface area contributed by atoms with Crippen LogP contribution in [-0.2, 0) is 36.9 Å². The van der Waals surface area contributed by atoms with E-state index in [1.54, 1.807) is 28.7 Å². The Kier molecular flexibility index (Phi) is 11.9. The highest BCUT2D eigenvalue weighted by molar-refractivity contribution is 7.86. The number of nitrogens with one attached hydrogen (secondary N) is 1. The van der Waals surface area contributed by atoms with Crippen molar-refractivity contribution < 1.29 is 35.8 Å². The number of anilines is 2. The summed E-state index contributed by atoms with van der Waals surface area (Å²) in [6, 6.07) is 20.0. The second kappa shape index (κ2) is 16.1. The van der Waals surface area contributed by atoms with Crippen molar-refractivity contribution in [3.05, 3.63) is 110 Å². The minimum Gasteiger partial charge on any atom is -0.511 e. The lowest BCUT2D eigenvalue weighted by atomic mass is 9.69. The van der Waals surface area contributed by atoms with E-state index in [0.717, 1.165) is 64.4 Å². The second-order valence-corrected chi connectivity index (χ2v) is 19.2. The molecule has 1 aliphatic carbocycles. The molecule has 0 saturated heterocycles. The Hall–Kier alpha value is -3.53. The third-order valence-corrected chi connectivity index (χ3v) is 14.2. The van der Waals surface area contributed by atoms with Gasteiger partial charge in [-0.25, -0.2) is 0 Å². The van der Waals surface area contributed by atoms with Crippen LogP contribution in [0.1, 0.15) is 85.7 Å². The first-order valence-corrected chi connectivity index (χ1v) is 22.7. The van der Waals surface area contributed by atoms with Crippen molar-refractivity contribution in [1.82, 2.24) is 0 Å². The lowest BCUT2D eigenvalue weighted by Gasteiger charge is -2.36. The second-order valence-electron chi connectivity index (χ2n) is 14.2. The number of carbonyl (C=O) groups excluding carboxylic acids is 1. The van der Waals surface area contributed by atoms with E-state index in [4.69, 9.17) is 0 Å². The predicted molar refractivity (Wildman–Crippen MR) is 212 cm³/mol. The summed E-state index contributed by atoms with van der Waals surface area (Å²) in [7, 11) is -8.52. The van der Waals surface area contributed by atoms with Gasteiger partial charge in [0.2, 0.25) is 0 Å². The summed E-state index contributed by atoms with van der Waals surface area (Å²) >= 11 is 3.23. The first-order valence-electron chi connectivity index (χ1n) is 17.9. The Labute approximate surface area is 320 Å². The molecule has 1 aliphatic heterocycles. The molecule has 3 heterocycles. The molecule has 2 aromatic heterocycles. The normalized spacial score (nSPS) is 20.1. The predicted octanol–water partition coefficient (Wildman–Crippen LogP) is 8.60. The van der Waals surface area contributed by atoms with E-state index in [9.17, 15) is 35.8 Å². The van der Waals surface area contributed by atoms with Crippen molar-refractivity contribution >= 4 is 60.1 Å². The molecule has 10 nitrogen and oxygen atoms in total. The van der Waals surface area contributed by atoms with Crippen molar-refractivity contribution in [2.24, 2.45) is 5.92 Å². The van der Waals surface area contributed by atoms with E-state index in [1.807, 2.05) is 47.2 Å². The molecule has 4 N–H and O–H groups in total. The Bertz CT molecular complexity index is 2110. The molecule has 0 fully saturated rings. The standard InChI is InChI=1S/C39H46N2O8S4/c1-3-4-5-6-18-39(2)31-24-28(53(47,48)49)16-17-32(31)40-35(39)25-30-37(42)29(38(30)43)23-26-12-14-27(15-13-26)41(19-9-22-52(44,45)46)36(33-10-7-20-50-33)34-11-8-21-51-34/h7-8,10-17,20-21,24,29,35-36,40,42H,3-6,9,18-19,22-23,25H2,1-2H3,(H,44,45,46)(H,47,48,49). The molecular weight excluding hydrogens is 753 g/mol. The zero-order chi connectivity index (χ0) is 38.0. The van der Waals surface area contributed by atoms with E-state index < -0.39 is 31.6 Å². The number of allylic oxidation sites excluding steroid dienone is 1. The van der Waals surface area contributed by atoms with Gasteiger partial charge in [-0.3, -0.25) is 13.9 Å². The highest BCUT2D eigenvalue weighted by Gasteiger charge is 2.47. The van der Waals surface area contributed by atoms with Crippen LogP contribution in [0.4, 0.5) is 11.4 Å². The molecule has 0 amide bonds. The highest BCUT2D eigenvalue weighted by atomic mass is 32.2. The van der Waals surface area contributed by atoms with Gasteiger partial charge >= 0.3 is 0 Å². The zero-order valence-corrected chi connectivity index (χ0v) is 33.0. The average Bonchev–Trinajstić information content (AvgIpc) is 3.90. The quantitative estimate of drug-likeness (QED) is 0.0567. The van der Waals surface area contributed by atoms with Crippen LogP contribution in [0.15, 0.2) is 93.7 Å². The van der Waals surface area contributed by atoms with E-state index in [0.29, 0.717) is 18.5 Å². The monoisotopic (exact) mass is 798 g/mol. The number of aliphatic hydroxyl groups excluding tert-OH is 1. The average molecular weight is 799 g/mol. The smallest absolute Gasteiger partial charge is 0.294 e. The fourth-order valence-corrected chi connectivity index (χ4v) is 10.5. The molecule has 2 aromatic carbocycles. The maximum absolute atomic E-state index is 13.6. The number of nitrogens with zero attached hydrogens (tertiary/aromatic N) is 1. The summed E-state index contributed by atoms with van der Waals surface area (Å²) in [6.07, 6.45) is 5.66. The number of thiophene rings is 2. The summed E-state index contributed by atoms with van der Waals surface area (Å²) in [6.45, 7) is 4.57. The molecule has 0 saturated carbocycles. The van der Waals surface area contributed by atoms with Gasteiger partial charge in [0, 0.05) is 51.1 Å². The number of rotatable bonds is 18. The molecule has 6 rings (SSSR count). The minimum atomic E-state index is -4.40. The fraction of sp³-hybridized carbons (Fsp3) is 0.410. The molecule has 14 heteroatoms. The van der Waals surface area contributed by atoms with Gasteiger partial charge in [-0.2, -0.15) is 16.8 Å². The molecular formula is C39H46N2O8S4. The summed E-state index contributed by atoms with van der Waals surface area (Å²) in [4.78, 5) is 17.8. The van der Waals surface area contributed by atoms with Crippen molar-refractivity contribution in [1.29, 1.82) is 0 Å². The Morgan fingerprint density at radius 1 is 0.887 bits per heavy atom. The Balaban J connectivity index is 1.20. The van der Waals surface area contributed by atoms with E-state index in [2.05, 4.69) is 36.2 Å². The summed E-state index contributed by atoms with van der Waals surface area (Å²) in [5.74, 6) is -1.06. The largest absolute Gasteiger partial charge is 0.511 e. The van der Waals surface area contributed by atoms with Gasteiger partial charge < -0.3 is 15.3 Å². The van der Waals surface area contributed by atoms with Crippen LogP contribution in [0.25, 0.3) is 0 Å². The number of benzene rings is 2. The summed E-state index contributed by atoms with van der Waals surface area (Å²) in [5, 5.41) is 18.8. The molecule has 0 bridgehead atoms. The van der Waals surface area contributed by atoms with Crippen LogP contribution >= 0.6 is 22.7 Å². The fourth-order valence-electron chi connectivity index (χ4n) is 7.74. The van der Waals surface area contributed by atoms with Gasteiger partial charge in [-0.05, 0) is 83.6 Å². The van der Waals surface area contributed by atoms with Crippen LogP contribution in [0.5, 0.6) is 0 Å². The number of hydrogen-bond acceptors (Lipinski definition) is 10. The molecule has 0 spiro atoms. The number of fused-ring (bicyclic) bond motifs is 1. The van der Waals surface area contributed by atoms with E-state index >= 15 is 0 Å². The van der Waals surface area contributed by atoms with E-state index in [-0.39, 0.29) is 47.1 Å².